The van der Waals surface area contributed by atoms with Crippen LogP contribution < -0.4 is 10.6 Å². The van der Waals surface area contributed by atoms with E-state index in [1.807, 2.05) is 17.5 Å². The number of unbranched alkanes of at least 4 members (excludes halogenated alkanes) is 1. The Morgan fingerprint density at radius 2 is 2.35 bits per heavy atom. The molecule has 20 heavy (non-hydrogen) atoms. The van der Waals surface area contributed by atoms with Crippen LogP contribution in [0.4, 0.5) is 0 Å². The monoisotopic (exact) mass is 292 g/mol. The smallest absolute Gasteiger partial charge is 0.236 e. The maximum absolute atomic E-state index is 5.47. The molecule has 2 heterocycles. The summed E-state index contributed by atoms with van der Waals surface area (Å²) >= 11 is 1.62. The Morgan fingerprint density at radius 3 is 3.05 bits per heavy atom. The molecule has 0 aliphatic rings. The predicted octanol–water partition coefficient (Wildman–Crippen LogP) is 2.87. The van der Waals surface area contributed by atoms with Crippen molar-refractivity contribution in [2.24, 2.45) is 4.99 Å². The summed E-state index contributed by atoms with van der Waals surface area (Å²) < 4.78 is 5.47. The standard InChI is InChI=1S/C14H20N4OS/c1-3-4-7-16-14(15-2)17-9-11-10-19-13(18-11)12-6-5-8-20-12/h5-6,8,10H,3-4,7,9H2,1-2H3,(H2,15,16,17). The maximum atomic E-state index is 5.47. The van der Waals surface area contributed by atoms with Gasteiger partial charge in [0.25, 0.3) is 0 Å². The number of nitrogens with one attached hydrogen (secondary N) is 2. The van der Waals surface area contributed by atoms with E-state index in [4.69, 9.17) is 4.42 Å². The fourth-order valence-electron chi connectivity index (χ4n) is 1.68. The van der Waals surface area contributed by atoms with Gasteiger partial charge >= 0.3 is 0 Å². The van der Waals surface area contributed by atoms with Gasteiger partial charge in [-0.25, -0.2) is 4.98 Å². The highest BCUT2D eigenvalue weighted by atomic mass is 32.1. The molecule has 2 aromatic rings. The van der Waals surface area contributed by atoms with E-state index >= 15 is 0 Å². The molecule has 0 atom stereocenters. The van der Waals surface area contributed by atoms with Crippen LogP contribution >= 0.6 is 11.3 Å². The van der Waals surface area contributed by atoms with Gasteiger partial charge in [0.1, 0.15) is 6.26 Å². The second-order valence-electron chi connectivity index (χ2n) is 4.33. The van der Waals surface area contributed by atoms with Gasteiger partial charge in [-0.1, -0.05) is 19.4 Å². The lowest BCUT2D eigenvalue weighted by Crippen LogP contribution is -2.37. The summed E-state index contributed by atoms with van der Waals surface area (Å²) in [6.45, 7) is 3.69. The topological polar surface area (TPSA) is 62.5 Å². The quantitative estimate of drug-likeness (QED) is 0.488. The minimum atomic E-state index is 0.598. The highest BCUT2D eigenvalue weighted by Gasteiger charge is 2.07. The molecular weight excluding hydrogens is 272 g/mol. The van der Waals surface area contributed by atoms with Gasteiger partial charge in [0.2, 0.25) is 5.89 Å². The Morgan fingerprint density at radius 1 is 1.45 bits per heavy atom. The second kappa shape index (κ2) is 7.69. The zero-order chi connectivity index (χ0) is 14.2. The molecule has 0 unspecified atom stereocenters. The van der Waals surface area contributed by atoms with E-state index in [2.05, 4.69) is 27.5 Å². The molecule has 0 aromatic carbocycles. The van der Waals surface area contributed by atoms with Crippen molar-refractivity contribution in [2.45, 2.75) is 26.3 Å². The van der Waals surface area contributed by atoms with E-state index in [9.17, 15) is 0 Å². The fraction of sp³-hybridized carbons (Fsp3) is 0.429. The van der Waals surface area contributed by atoms with Crippen LogP contribution in [0.5, 0.6) is 0 Å². The summed E-state index contributed by atoms with van der Waals surface area (Å²) in [6.07, 6.45) is 3.98. The second-order valence-corrected chi connectivity index (χ2v) is 5.28. The van der Waals surface area contributed by atoms with Crippen molar-refractivity contribution < 1.29 is 4.42 Å². The third-order valence-electron chi connectivity index (χ3n) is 2.77. The van der Waals surface area contributed by atoms with Crippen molar-refractivity contribution in [3.63, 3.8) is 0 Å². The van der Waals surface area contributed by atoms with E-state index < -0.39 is 0 Å². The summed E-state index contributed by atoms with van der Waals surface area (Å²) in [5, 5.41) is 8.49. The Kier molecular flexibility index (Phi) is 5.61. The fourth-order valence-corrected chi connectivity index (χ4v) is 2.34. The highest BCUT2D eigenvalue weighted by molar-refractivity contribution is 7.13. The number of thiophene rings is 1. The molecule has 108 valence electrons. The maximum Gasteiger partial charge on any atom is 0.236 e. The molecule has 0 aliphatic heterocycles. The first-order valence-corrected chi connectivity index (χ1v) is 7.64. The first-order valence-electron chi connectivity index (χ1n) is 6.76. The zero-order valence-corrected chi connectivity index (χ0v) is 12.7. The molecule has 0 bridgehead atoms. The van der Waals surface area contributed by atoms with Gasteiger partial charge in [-0.3, -0.25) is 4.99 Å². The molecular formula is C14H20N4OS. The van der Waals surface area contributed by atoms with Crippen LogP contribution in [0, 0.1) is 0 Å². The number of rotatable bonds is 6. The largest absolute Gasteiger partial charge is 0.443 e. The van der Waals surface area contributed by atoms with Gasteiger partial charge < -0.3 is 15.1 Å². The van der Waals surface area contributed by atoms with E-state index in [0.29, 0.717) is 12.4 Å². The highest BCUT2D eigenvalue weighted by Crippen LogP contribution is 2.23. The Balaban J connectivity index is 1.84. The molecule has 0 fully saturated rings. The molecule has 0 radical (unpaired) electrons. The van der Waals surface area contributed by atoms with Crippen LogP contribution in [0.2, 0.25) is 0 Å². The van der Waals surface area contributed by atoms with Crippen molar-refractivity contribution in [3.05, 3.63) is 29.5 Å². The average Bonchev–Trinajstić information content (AvgIpc) is 3.12. The number of nitrogens with zero attached hydrogens (tertiary/aromatic N) is 2. The average molecular weight is 292 g/mol. The van der Waals surface area contributed by atoms with Gasteiger partial charge in [0.15, 0.2) is 5.96 Å². The lowest BCUT2D eigenvalue weighted by atomic mass is 10.3. The Labute approximate surface area is 123 Å². The van der Waals surface area contributed by atoms with Crippen molar-refractivity contribution in [3.8, 4) is 10.8 Å². The number of hydrogen-bond donors (Lipinski definition) is 2. The molecule has 5 nitrogen and oxygen atoms in total. The van der Waals surface area contributed by atoms with E-state index in [1.54, 1.807) is 24.6 Å². The molecule has 2 N–H and O–H groups in total. The third kappa shape index (κ3) is 4.09. The SMILES string of the molecule is CCCCNC(=NC)NCc1coc(-c2cccs2)n1. The molecule has 2 aromatic heterocycles. The third-order valence-corrected chi connectivity index (χ3v) is 3.62. The van der Waals surface area contributed by atoms with Crippen LogP contribution in [0.25, 0.3) is 10.8 Å². The minimum Gasteiger partial charge on any atom is -0.443 e. The van der Waals surface area contributed by atoms with E-state index in [1.165, 1.54) is 0 Å². The molecule has 6 heteroatoms. The van der Waals surface area contributed by atoms with Gasteiger partial charge in [0, 0.05) is 13.6 Å². The Hall–Kier alpha value is -1.82. The summed E-state index contributed by atoms with van der Waals surface area (Å²) in [4.78, 5) is 9.67. The molecule has 0 amide bonds. The van der Waals surface area contributed by atoms with Crippen molar-refractivity contribution >= 4 is 17.3 Å². The zero-order valence-electron chi connectivity index (χ0n) is 11.8. The van der Waals surface area contributed by atoms with Crippen molar-refractivity contribution in [1.29, 1.82) is 0 Å². The van der Waals surface area contributed by atoms with E-state index in [-0.39, 0.29) is 0 Å². The minimum absolute atomic E-state index is 0.598. The number of hydrogen-bond acceptors (Lipinski definition) is 4. The van der Waals surface area contributed by atoms with Gasteiger partial charge in [-0.15, -0.1) is 11.3 Å². The lowest BCUT2D eigenvalue weighted by molar-refractivity contribution is 0.573. The molecule has 0 saturated carbocycles. The molecule has 0 spiro atoms. The lowest BCUT2D eigenvalue weighted by Gasteiger charge is -2.09. The van der Waals surface area contributed by atoms with Crippen LogP contribution in [0.3, 0.4) is 0 Å². The summed E-state index contributed by atoms with van der Waals surface area (Å²) in [5.41, 5.74) is 0.867. The first kappa shape index (κ1) is 14.6. The summed E-state index contributed by atoms with van der Waals surface area (Å²) in [7, 11) is 1.77. The normalized spacial score (nSPS) is 11.6. The van der Waals surface area contributed by atoms with Gasteiger partial charge in [-0.2, -0.15) is 0 Å². The predicted molar refractivity (Wildman–Crippen MR) is 82.9 cm³/mol. The van der Waals surface area contributed by atoms with Crippen molar-refractivity contribution in [1.82, 2.24) is 15.6 Å². The van der Waals surface area contributed by atoms with Crippen LogP contribution in [0.15, 0.2) is 33.2 Å². The number of guanidine groups is 1. The number of oxazole rings is 1. The molecule has 0 aliphatic carbocycles. The van der Waals surface area contributed by atoms with Crippen LogP contribution in [-0.4, -0.2) is 24.5 Å². The number of aliphatic imine (C=N–C) groups is 1. The Bertz CT molecular complexity index is 533. The van der Waals surface area contributed by atoms with Gasteiger partial charge in [-0.05, 0) is 17.9 Å². The summed E-state index contributed by atoms with van der Waals surface area (Å²) in [6, 6.07) is 3.99. The summed E-state index contributed by atoms with van der Waals surface area (Å²) in [5.74, 6) is 1.46. The van der Waals surface area contributed by atoms with Crippen LogP contribution in [0.1, 0.15) is 25.5 Å². The van der Waals surface area contributed by atoms with E-state index in [0.717, 1.165) is 35.9 Å². The van der Waals surface area contributed by atoms with Gasteiger partial charge in [0.05, 0.1) is 17.1 Å². The first-order chi connectivity index (χ1) is 9.83. The number of aromatic nitrogens is 1. The van der Waals surface area contributed by atoms with Crippen molar-refractivity contribution in [2.75, 3.05) is 13.6 Å². The van der Waals surface area contributed by atoms with Crippen LogP contribution in [-0.2, 0) is 6.54 Å². The molecule has 2 rings (SSSR count). The molecule has 0 saturated heterocycles.